The van der Waals surface area contributed by atoms with Crippen molar-refractivity contribution in [2.75, 3.05) is 0 Å². The molecule has 2 heterocycles. The van der Waals surface area contributed by atoms with Crippen LogP contribution in [0.1, 0.15) is 16.7 Å². The van der Waals surface area contributed by atoms with Gasteiger partial charge in [0, 0.05) is 38.9 Å². The van der Waals surface area contributed by atoms with Crippen molar-refractivity contribution in [2.45, 2.75) is 5.60 Å². The van der Waals surface area contributed by atoms with E-state index in [1.54, 1.807) is 0 Å². The fourth-order valence-corrected chi connectivity index (χ4v) is 8.40. The summed E-state index contributed by atoms with van der Waals surface area (Å²) >= 11 is 0. The standard InChI is InChI=1S/C48H29N3O/c1-3-17-33-30(13-1)15-11-22-39(33)46-49-45(50-47(51-46)40-23-12-16-31-14-2-4-18-34(31)40)32-27-28-38-37-21-7-10-26-43(37)48(52-44(38)29-32)41-24-8-5-19-35(41)36-20-6-9-25-42(36)48/h1-29H. The van der Waals surface area contributed by atoms with Crippen LogP contribution in [0.25, 0.3) is 78.0 Å². The summed E-state index contributed by atoms with van der Waals surface area (Å²) in [6, 6.07) is 61.6. The zero-order valence-electron chi connectivity index (χ0n) is 28.0. The van der Waals surface area contributed by atoms with E-state index in [2.05, 4.69) is 176 Å². The van der Waals surface area contributed by atoms with E-state index in [1.807, 2.05) is 0 Å². The molecule has 8 aromatic carbocycles. The first kappa shape index (κ1) is 28.9. The Morgan fingerprint density at radius 2 is 0.769 bits per heavy atom. The number of ether oxygens (including phenoxy) is 1. The van der Waals surface area contributed by atoms with E-state index in [0.29, 0.717) is 17.5 Å². The Labute approximate surface area is 300 Å². The number of benzene rings is 8. The second-order valence-corrected chi connectivity index (χ2v) is 13.5. The van der Waals surface area contributed by atoms with Gasteiger partial charge in [0.1, 0.15) is 5.75 Å². The molecule has 242 valence electrons. The van der Waals surface area contributed by atoms with Gasteiger partial charge in [0.25, 0.3) is 0 Å². The predicted molar refractivity (Wildman–Crippen MR) is 209 cm³/mol. The van der Waals surface area contributed by atoms with E-state index in [9.17, 15) is 0 Å². The van der Waals surface area contributed by atoms with E-state index in [1.165, 1.54) is 11.1 Å². The summed E-state index contributed by atoms with van der Waals surface area (Å²) in [6.07, 6.45) is 0. The maximum absolute atomic E-state index is 7.40. The first-order valence-electron chi connectivity index (χ1n) is 17.6. The van der Waals surface area contributed by atoms with Crippen molar-refractivity contribution in [1.82, 2.24) is 15.0 Å². The monoisotopic (exact) mass is 663 g/mol. The second kappa shape index (κ2) is 11.0. The summed E-state index contributed by atoms with van der Waals surface area (Å²) in [7, 11) is 0. The molecule has 0 saturated carbocycles. The van der Waals surface area contributed by atoms with Crippen molar-refractivity contribution in [3.8, 4) is 62.2 Å². The third kappa shape index (κ3) is 4.12. The lowest BCUT2D eigenvalue weighted by atomic mass is 9.77. The zero-order chi connectivity index (χ0) is 34.2. The molecular weight excluding hydrogens is 635 g/mol. The molecule has 11 rings (SSSR count). The lowest BCUT2D eigenvalue weighted by Crippen LogP contribution is -2.36. The number of hydrogen-bond acceptors (Lipinski definition) is 4. The van der Waals surface area contributed by atoms with Gasteiger partial charge >= 0.3 is 0 Å². The van der Waals surface area contributed by atoms with Crippen LogP contribution in [-0.2, 0) is 5.60 Å². The molecule has 9 aromatic rings. The molecule has 0 bridgehead atoms. The fraction of sp³-hybridized carbons (Fsp3) is 0.0208. The molecule has 0 fully saturated rings. The summed E-state index contributed by atoms with van der Waals surface area (Å²) < 4.78 is 7.40. The average molecular weight is 664 g/mol. The zero-order valence-corrected chi connectivity index (χ0v) is 28.0. The van der Waals surface area contributed by atoms with E-state index in [-0.39, 0.29) is 0 Å². The Hall–Kier alpha value is -6.91. The minimum absolute atomic E-state index is 0.590. The van der Waals surface area contributed by atoms with Gasteiger partial charge < -0.3 is 4.74 Å². The molecule has 0 N–H and O–H groups in total. The van der Waals surface area contributed by atoms with Gasteiger partial charge in [-0.05, 0) is 50.4 Å². The Morgan fingerprint density at radius 3 is 1.33 bits per heavy atom. The minimum atomic E-state index is -0.795. The molecule has 4 nitrogen and oxygen atoms in total. The molecule has 1 aromatic heterocycles. The van der Waals surface area contributed by atoms with Crippen LogP contribution in [0, 0.1) is 0 Å². The van der Waals surface area contributed by atoms with Gasteiger partial charge in [0.15, 0.2) is 23.1 Å². The highest BCUT2D eigenvalue weighted by Crippen LogP contribution is 2.58. The quantitative estimate of drug-likeness (QED) is 0.189. The maximum atomic E-state index is 7.40. The Balaban J connectivity index is 1.15. The van der Waals surface area contributed by atoms with Gasteiger partial charge in [-0.3, -0.25) is 0 Å². The van der Waals surface area contributed by atoms with Crippen LogP contribution in [0.5, 0.6) is 5.75 Å². The highest BCUT2D eigenvalue weighted by molar-refractivity contribution is 5.98. The maximum Gasteiger partial charge on any atom is 0.186 e. The minimum Gasteiger partial charge on any atom is -0.472 e. The van der Waals surface area contributed by atoms with Crippen molar-refractivity contribution in [2.24, 2.45) is 0 Å². The molecule has 0 radical (unpaired) electrons. The summed E-state index contributed by atoms with van der Waals surface area (Å²) in [6.45, 7) is 0. The number of aromatic nitrogens is 3. The van der Waals surface area contributed by atoms with E-state index in [0.717, 1.165) is 71.8 Å². The Morgan fingerprint density at radius 1 is 0.346 bits per heavy atom. The van der Waals surface area contributed by atoms with Crippen LogP contribution in [0.3, 0.4) is 0 Å². The Kier molecular flexibility index (Phi) is 6.13. The molecule has 2 aliphatic rings. The smallest absolute Gasteiger partial charge is 0.186 e. The summed E-state index contributed by atoms with van der Waals surface area (Å²) in [5.74, 6) is 2.64. The van der Waals surface area contributed by atoms with Gasteiger partial charge in [-0.15, -0.1) is 0 Å². The summed E-state index contributed by atoms with van der Waals surface area (Å²) in [5, 5.41) is 4.46. The largest absolute Gasteiger partial charge is 0.472 e. The molecule has 0 unspecified atom stereocenters. The molecule has 0 amide bonds. The van der Waals surface area contributed by atoms with Gasteiger partial charge in [-0.1, -0.05) is 164 Å². The molecule has 0 saturated heterocycles. The molecular formula is C48H29N3O. The number of nitrogens with zero attached hydrogens (tertiary/aromatic N) is 3. The molecule has 0 atom stereocenters. The Bertz CT molecular complexity index is 2760. The summed E-state index contributed by atoms with van der Waals surface area (Å²) in [5.41, 5.74) is 10.0. The van der Waals surface area contributed by atoms with Gasteiger partial charge in [0.05, 0.1) is 0 Å². The topological polar surface area (TPSA) is 47.9 Å². The van der Waals surface area contributed by atoms with Crippen molar-refractivity contribution < 1.29 is 4.74 Å². The molecule has 1 aliphatic carbocycles. The van der Waals surface area contributed by atoms with E-state index < -0.39 is 5.60 Å². The van der Waals surface area contributed by atoms with Crippen molar-refractivity contribution in [3.05, 3.63) is 193 Å². The number of fused-ring (bicyclic) bond motifs is 11. The van der Waals surface area contributed by atoms with Gasteiger partial charge in [-0.2, -0.15) is 0 Å². The van der Waals surface area contributed by atoms with Gasteiger partial charge in [-0.25, -0.2) is 15.0 Å². The third-order valence-corrected chi connectivity index (χ3v) is 10.7. The van der Waals surface area contributed by atoms with E-state index >= 15 is 0 Å². The molecule has 4 heteroatoms. The highest BCUT2D eigenvalue weighted by Gasteiger charge is 2.50. The van der Waals surface area contributed by atoms with E-state index in [4.69, 9.17) is 19.7 Å². The molecule has 1 spiro atoms. The number of hydrogen-bond donors (Lipinski definition) is 0. The lowest BCUT2D eigenvalue weighted by molar-refractivity contribution is 0.157. The SMILES string of the molecule is c1ccc2c(c1)-c1ccc(-c3nc(-c4cccc5ccccc45)nc(-c4cccc5ccccc45)n3)cc1OC21c2ccccc2-c2ccccc21. The third-order valence-electron chi connectivity index (χ3n) is 10.7. The van der Waals surface area contributed by atoms with Crippen molar-refractivity contribution in [1.29, 1.82) is 0 Å². The van der Waals surface area contributed by atoms with Crippen LogP contribution in [-0.4, -0.2) is 15.0 Å². The lowest BCUT2D eigenvalue weighted by Gasteiger charge is -2.39. The number of rotatable bonds is 3. The summed E-state index contributed by atoms with van der Waals surface area (Å²) in [4.78, 5) is 15.6. The second-order valence-electron chi connectivity index (χ2n) is 13.5. The van der Waals surface area contributed by atoms with Crippen LogP contribution in [0.15, 0.2) is 176 Å². The van der Waals surface area contributed by atoms with Crippen LogP contribution < -0.4 is 4.74 Å². The van der Waals surface area contributed by atoms with Crippen molar-refractivity contribution >= 4 is 21.5 Å². The van der Waals surface area contributed by atoms with Crippen LogP contribution in [0.4, 0.5) is 0 Å². The first-order valence-corrected chi connectivity index (χ1v) is 17.6. The molecule has 52 heavy (non-hydrogen) atoms. The van der Waals surface area contributed by atoms with Crippen LogP contribution in [0.2, 0.25) is 0 Å². The molecule has 1 aliphatic heterocycles. The normalized spacial score (nSPS) is 13.3. The average Bonchev–Trinajstić information content (AvgIpc) is 3.49. The highest BCUT2D eigenvalue weighted by atomic mass is 16.5. The predicted octanol–water partition coefficient (Wildman–Crippen LogP) is 11.5. The first-order chi connectivity index (χ1) is 25.8. The van der Waals surface area contributed by atoms with Crippen molar-refractivity contribution in [3.63, 3.8) is 0 Å². The fourth-order valence-electron chi connectivity index (χ4n) is 8.40. The van der Waals surface area contributed by atoms with Gasteiger partial charge in [0.2, 0.25) is 0 Å². The van der Waals surface area contributed by atoms with Crippen LogP contribution >= 0.6 is 0 Å².